The van der Waals surface area contributed by atoms with Crippen LogP contribution in [0.15, 0.2) is 16.9 Å². The Morgan fingerprint density at radius 1 is 1.53 bits per heavy atom. The van der Waals surface area contributed by atoms with E-state index in [2.05, 4.69) is 4.98 Å². The number of nitrogen functional groups attached to an aromatic ring is 1. The molecule has 0 aliphatic rings. The number of phenolic OH excluding ortho intramolecular Hbond substituents is 1. The predicted octanol–water partition coefficient (Wildman–Crippen LogP) is 0.953. The van der Waals surface area contributed by atoms with Crippen LogP contribution in [0.1, 0.15) is 0 Å². The first-order chi connectivity index (χ1) is 7.11. The zero-order valence-corrected chi connectivity index (χ0v) is 8.67. The molecular formula is C9H8N2O3S. The van der Waals surface area contributed by atoms with E-state index in [0.717, 1.165) is 11.3 Å². The Kier molecular flexibility index (Phi) is 2.20. The van der Waals surface area contributed by atoms with Crippen molar-refractivity contribution < 1.29 is 9.84 Å². The van der Waals surface area contributed by atoms with Gasteiger partial charge in [-0.25, -0.2) is 4.98 Å². The molecule has 0 aliphatic carbocycles. The van der Waals surface area contributed by atoms with Crippen molar-refractivity contribution in [2.24, 2.45) is 0 Å². The lowest BCUT2D eigenvalue weighted by Gasteiger charge is -2.04. The molecule has 0 amide bonds. The third kappa shape index (κ3) is 1.59. The molecule has 78 valence electrons. The Balaban J connectivity index is 2.87. The number of anilines is 1. The maximum Gasteiger partial charge on any atom is 0.245 e. The van der Waals surface area contributed by atoms with Crippen LogP contribution in [0.5, 0.6) is 11.5 Å². The quantitative estimate of drug-likeness (QED) is 0.753. The van der Waals surface area contributed by atoms with Gasteiger partial charge in [0.15, 0.2) is 16.6 Å². The molecule has 1 aromatic heterocycles. The van der Waals surface area contributed by atoms with Gasteiger partial charge in [-0.2, -0.15) is 0 Å². The second kappa shape index (κ2) is 3.39. The fraction of sp³-hybridized carbons (Fsp3) is 0.111. The number of aromatic hydroxyl groups is 1. The Labute approximate surface area is 88.8 Å². The molecule has 0 fully saturated rings. The lowest BCUT2D eigenvalue weighted by atomic mass is 10.2. The summed E-state index contributed by atoms with van der Waals surface area (Å²) in [5.74, 6) is 0.186. The van der Waals surface area contributed by atoms with Gasteiger partial charge >= 0.3 is 0 Å². The maximum absolute atomic E-state index is 11.5. The molecule has 0 radical (unpaired) electrons. The highest BCUT2D eigenvalue weighted by atomic mass is 32.1. The molecule has 0 aliphatic heterocycles. The first-order valence-electron chi connectivity index (χ1n) is 4.09. The number of rotatable bonds is 1. The first-order valence-corrected chi connectivity index (χ1v) is 4.91. The summed E-state index contributed by atoms with van der Waals surface area (Å²) in [7, 11) is 1.42. The van der Waals surface area contributed by atoms with Crippen molar-refractivity contribution in [1.29, 1.82) is 0 Å². The van der Waals surface area contributed by atoms with Gasteiger partial charge in [0, 0.05) is 6.07 Å². The summed E-state index contributed by atoms with van der Waals surface area (Å²) < 4.78 is 4.68. The second-order valence-electron chi connectivity index (χ2n) is 2.88. The largest absolute Gasteiger partial charge is 0.504 e. The van der Waals surface area contributed by atoms with Crippen molar-refractivity contribution in [2.75, 3.05) is 12.8 Å². The Hall–Kier alpha value is -1.82. The minimum atomic E-state index is -0.226. The van der Waals surface area contributed by atoms with Crippen LogP contribution in [-0.4, -0.2) is 17.2 Å². The lowest BCUT2D eigenvalue weighted by Crippen LogP contribution is -2.01. The molecule has 1 aromatic carbocycles. The highest BCUT2D eigenvalue weighted by Crippen LogP contribution is 2.29. The molecule has 1 heterocycles. The SMILES string of the molecule is COc1cc2nc(N)sc(=O)c2cc1O. The summed E-state index contributed by atoms with van der Waals surface area (Å²) in [6, 6.07) is 2.81. The van der Waals surface area contributed by atoms with Gasteiger partial charge in [-0.1, -0.05) is 11.3 Å². The van der Waals surface area contributed by atoms with Crippen molar-refractivity contribution in [1.82, 2.24) is 4.98 Å². The van der Waals surface area contributed by atoms with Gasteiger partial charge in [-0.3, -0.25) is 4.79 Å². The van der Waals surface area contributed by atoms with Crippen molar-refractivity contribution >= 4 is 27.4 Å². The molecule has 0 atom stereocenters. The highest BCUT2D eigenvalue weighted by Gasteiger charge is 2.08. The van der Waals surface area contributed by atoms with Gasteiger partial charge < -0.3 is 15.6 Å². The van der Waals surface area contributed by atoms with Crippen LogP contribution in [0.3, 0.4) is 0 Å². The van der Waals surface area contributed by atoms with E-state index < -0.39 is 0 Å². The monoisotopic (exact) mass is 224 g/mol. The average molecular weight is 224 g/mol. The number of methoxy groups -OCH3 is 1. The van der Waals surface area contributed by atoms with Crippen LogP contribution >= 0.6 is 11.3 Å². The van der Waals surface area contributed by atoms with Gasteiger partial charge in [-0.15, -0.1) is 0 Å². The van der Waals surface area contributed by atoms with E-state index in [9.17, 15) is 9.90 Å². The highest BCUT2D eigenvalue weighted by molar-refractivity contribution is 7.13. The number of fused-ring (bicyclic) bond motifs is 1. The van der Waals surface area contributed by atoms with Gasteiger partial charge in [0.05, 0.1) is 18.0 Å². The first kappa shape index (κ1) is 9.72. The van der Waals surface area contributed by atoms with Crippen LogP contribution in [0.2, 0.25) is 0 Å². The minimum Gasteiger partial charge on any atom is -0.504 e. The molecular weight excluding hydrogens is 216 g/mol. The van der Waals surface area contributed by atoms with Crippen LogP contribution in [0, 0.1) is 0 Å². The normalized spacial score (nSPS) is 10.5. The third-order valence-electron chi connectivity index (χ3n) is 1.95. The Bertz CT molecular complexity index is 579. The molecule has 0 spiro atoms. The van der Waals surface area contributed by atoms with Crippen LogP contribution in [0.4, 0.5) is 5.13 Å². The van der Waals surface area contributed by atoms with E-state index in [1.165, 1.54) is 19.2 Å². The lowest BCUT2D eigenvalue weighted by molar-refractivity contribution is 0.374. The van der Waals surface area contributed by atoms with Gasteiger partial charge in [0.1, 0.15) is 0 Å². The van der Waals surface area contributed by atoms with E-state index in [1.807, 2.05) is 0 Å². The topological polar surface area (TPSA) is 85.4 Å². The Morgan fingerprint density at radius 2 is 2.27 bits per heavy atom. The molecule has 15 heavy (non-hydrogen) atoms. The summed E-state index contributed by atoms with van der Waals surface area (Å²) in [4.78, 5) is 15.5. The zero-order valence-electron chi connectivity index (χ0n) is 7.85. The predicted molar refractivity (Wildman–Crippen MR) is 58.5 cm³/mol. The van der Waals surface area contributed by atoms with Crippen molar-refractivity contribution in [3.05, 3.63) is 21.7 Å². The second-order valence-corrected chi connectivity index (χ2v) is 3.87. The van der Waals surface area contributed by atoms with Gasteiger partial charge in [0.2, 0.25) is 4.74 Å². The van der Waals surface area contributed by atoms with Crippen LogP contribution < -0.4 is 15.2 Å². The molecule has 2 aromatic rings. The minimum absolute atomic E-state index is 0.0825. The number of benzene rings is 1. The van der Waals surface area contributed by atoms with Crippen molar-refractivity contribution in [3.8, 4) is 11.5 Å². The van der Waals surface area contributed by atoms with Crippen molar-refractivity contribution in [3.63, 3.8) is 0 Å². The number of aromatic nitrogens is 1. The van der Waals surface area contributed by atoms with E-state index >= 15 is 0 Å². The summed E-state index contributed by atoms with van der Waals surface area (Å²) in [5.41, 5.74) is 5.88. The third-order valence-corrected chi connectivity index (χ3v) is 2.65. The number of hydrogen-bond acceptors (Lipinski definition) is 6. The molecule has 2 rings (SSSR count). The Morgan fingerprint density at radius 3 is 2.93 bits per heavy atom. The number of hydrogen-bond donors (Lipinski definition) is 2. The summed E-state index contributed by atoms with van der Waals surface area (Å²) in [6.45, 7) is 0. The van der Waals surface area contributed by atoms with Gasteiger partial charge in [0.25, 0.3) is 0 Å². The standard InChI is InChI=1S/C9H8N2O3S/c1-14-7-3-5-4(2-6(7)12)8(13)15-9(10)11-5/h2-3,12H,1H3,(H2,10,11). The number of ether oxygens (including phenoxy) is 1. The molecule has 6 heteroatoms. The molecule has 0 saturated carbocycles. The van der Waals surface area contributed by atoms with E-state index in [4.69, 9.17) is 10.5 Å². The molecule has 5 nitrogen and oxygen atoms in total. The molecule has 3 N–H and O–H groups in total. The van der Waals surface area contributed by atoms with Crippen LogP contribution in [-0.2, 0) is 0 Å². The summed E-state index contributed by atoms with van der Waals surface area (Å²) in [6.07, 6.45) is 0. The van der Waals surface area contributed by atoms with E-state index in [-0.39, 0.29) is 21.4 Å². The van der Waals surface area contributed by atoms with E-state index in [1.54, 1.807) is 0 Å². The maximum atomic E-state index is 11.5. The fourth-order valence-corrected chi connectivity index (χ4v) is 1.88. The number of nitrogens with two attached hydrogens (primary N) is 1. The summed E-state index contributed by atoms with van der Waals surface area (Å²) in [5, 5.41) is 10.0. The van der Waals surface area contributed by atoms with Gasteiger partial charge in [-0.05, 0) is 6.07 Å². The molecule has 0 saturated heterocycles. The average Bonchev–Trinajstić information content (AvgIpc) is 2.18. The smallest absolute Gasteiger partial charge is 0.245 e. The zero-order chi connectivity index (χ0) is 11.0. The number of nitrogens with zero attached hydrogens (tertiary/aromatic N) is 1. The number of phenols is 1. The van der Waals surface area contributed by atoms with Crippen LogP contribution in [0.25, 0.3) is 10.9 Å². The van der Waals surface area contributed by atoms with Crippen molar-refractivity contribution in [2.45, 2.75) is 0 Å². The molecule has 0 unspecified atom stereocenters. The summed E-state index contributed by atoms with van der Waals surface area (Å²) >= 11 is 0.843. The molecule has 0 bridgehead atoms. The van der Waals surface area contributed by atoms with E-state index in [0.29, 0.717) is 10.9 Å². The fourth-order valence-electron chi connectivity index (χ4n) is 1.27.